The van der Waals surface area contributed by atoms with Crippen molar-refractivity contribution in [1.82, 2.24) is 20.5 Å². The van der Waals surface area contributed by atoms with Crippen molar-refractivity contribution >= 4 is 35.7 Å². The van der Waals surface area contributed by atoms with E-state index < -0.39 is 23.7 Å². The number of nitrogens with zero attached hydrogens (tertiary/aromatic N) is 4. The topological polar surface area (TPSA) is 140 Å². The number of halogens is 1. The number of hydrogen-bond acceptors (Lipinski definition) is 10. The van der Waals surface area contributed by atoms with Gasteiger partial charge in [-0.2, -0.15) is 4.39 Å². The van der Waals surface area contributed by atoms with Crippen LogP contribution < -0.4 is 15.8 Å². The minimum absolute atomic E-state index is 0.0536. The van der Waals surface area contributed by atoms with Crippen LogP contribution in [0, 0.1) is 17.7 Å². The van der Waals surface area contributed by atoms with E-state index in [0.717, 1.165) is 25.7 Å². The van der Waals surface area contributed by atoms with Gasteiger partial charge in [-0.1, -0.05) is 37.4 Å². The minimum Gasteiger partial charge on any atom is -0.394 e. The maximum absolute atomic E-state index is 15.3. The quantitative estimate of drug-likeness (QED) is 0.118. The number of aliphatic hydroxyl groups excluding tert-OH is 1. The highest BCUT2D eigenvalue weighted by Crippen LogP contribution is 2.31. The number of hydrogen-bond donors (Lipinski definition) is 4. The highest BCUT2D eigenvalue weighted by molar-refractivity contribution is 7.98. The summed E-state index contributed by atoms with van der Waals surface area (Å²) < 4.78 is 20.7. The highest BCUT2D eigenvalue weighted by Gasteiger charge is 2.29. The number of hydrazine groups is 1. The third-order valence-corrected chi connectivity index (χ3v) is 6.48. The van der Waals surface area contributed by atoms with Crippen LogP contribution in [0.1, 0.15) is 32.1 Å². The molecule has 2 aliphatic rings. The third-order valence-electron chi connectivity index (χ3n) is 5.93. The lowest BCUT2D eigenvalue weighted by atomic mass is 9.92. The van der Waals surface area contributed by atoms with Gasteiger partial charge in [-0.15, -0.1) is 0 Å². The first kappa shape index (κ1) is 25.4. The van der Waals surface area contributed by atoms with Crippen LogP contribution in [0.3, 0.4) is 0 Å². The molecule has 0 bridgehead atoms. The Morgan fingerprint density at radius 3 is 2.85 bits per heavy atom. The van der Waals surface area contributed by atoms with Crippen molar-refractivity contribution in [2.75, 3.05) is 49.4 Å². The number of rotatable bonds is 11. The van der Waals surface area contributed by atoms with Crippen molar-refractivity contribution in [2.45, 2.75) is 43.4 Å². The molecule has 2 amide bonds. The SMILES string of the molecule is CSc1nc(NNC(=O)[C@H](CC2CCCC2)CN(O)C=O)c(F)c(N2CCOC(CO)C2)n1. The summed E-state index contributed by atoms with van der Waals surface area (Å²) in [4.78, 5) is 33.8. The fourth-order valence-electron chi connectivity index (χ4n) is 4.23. The van der Waals surface area contributed by atoms with Crippen molar-refractivity contribution in [3.05, 3.63) is 5.82 Å². The molecular formula is C20H31FN6O5S. The number of amides is 2. The summed E-state index contributed by atoms with van der Waals surface area (Å²) in [5.41, 5.74) is 5.03. The molecule has 4 N–H and O–H groups in total. The van der Waals surface area contributed by atoms with Crippen molar-refractivity contribution in [3.63, 3.8) is 0 Å². The zero-order valence-electron chi connectivity index (χ0n) is 18.6. The number of thioether (sulfide) groups is 1. The molecule has 2 atom stereocenters. The average Bonchev–Trinajstić information content (AvgIpc) is 3.35. The first-order valence-electron chi connectivity index (χ1n) is 11.0. The lowest BCUT2D eigenvalue weighted by molar-refractivity contribution is -0.154. The van der Waals surface area contributed by atoms with Gasteiger partial charge in [0.15, 0.2) is 16.8 Å². The molecule has 13 heteroatoms. The number of carbonyl (C=O) groups is 2. The number of nitrogens with one attached hydrogen (secondary N) is 2. The predicted molar refractivity (Wildman–Crippen MR) is 119 cm³/mol. The first-order chi connectivity index (χ1) is 15.9. The van der Waals surface area contributed by atoms with E-state index in [4.69, 9.17) is 4.74 Å². The molecule has 2 fully saturated rings. The van der Waals surface area contributed by atoms with Gasteiger partial charge in [0.25, 0.3) is 0 Å². The van der Waals surface area contributed by atoms with Gasteiger partial charge in [0.1, 0.15) is 0 Å². The van der Waals surface area contributed by atoms with Crippen LogP contribution in [0.5, 0.6) is 0 Å². The Labute approximate surface area is 196 Å². The van der Waals surface area contributed by atoms with Crippen LogP contribution >= 0.6 is 11.8 Å². The van der Waals surface area contributed by atoms with Crippen LogP contribution in [-0.4, -0.2) is 82.9 Å². The molecule has 33 heavy (non-hydrogen) atoms. The number of carbonyl (C=O) groups excluding carboxylic acids is 2. The van der Waals surface area contributed by atoms with E-state index in [2.05, 4.69) is 20.8 Å². The molecule has 2 heterocycles. The fourth-order valence-corrected chi connectivity index (χ4v) is 4.59. The zero-order chi connectivity index (χ0) is 23.8. The van der Waals surface area contributed by atoms with Crippen LogP contribution in [0.15, 0.2) is 5.16 Å². The number of anilines is 2. The van der Waals surface area contributed by atoms with Crippen LogP contribution in [-0.2, 0) is 14.3 Å². The Bertz CT molecular complexity index is 815. The molecule has 11 nitrogen and oxygen atoms in total. The molecule has 1 aliphatic carbocycles. The maximum Gasteiger partial charge on any atom is 0.243 e. The molecule has 1 aliphatic heterocycles. The predicted octanol–water partition coefficient (Wildman–Crippen LogP) is 1.02. The summed E-state index contributed by atoms with van der Waals surface area (Å²) in [6.07, 6.45) is 6.27. The molecule has 184 valence electrons. The second-order valence-corrected chi connectivity index (χ2v) is 9.02. The Morgan fingerprint density at radius 1 is 1.42 bits per heavy atom. The molecular weight excluding hydrogens is 455 g/mol. The first-order valence-corrected chi connectivity index (χ1v) is 12.2. The van der Waals surface area contributed by atoms with Crippen molar-refractivity contribution in [3.8, 4) is 0 Å². The van der Waals surface area contributed by atoms with Crippen molar-refractivity contribution in [2.24, 2.45) is 11.8 Å². The zero-order valence-corrected chi connectivity index (χ0v) is 19.4. The van der Waals surface area contributed by atoms with E-state index in [-0.39, 0.29) is 37.7 Å². The van der Waals surface area contributed by atoms with E-state index in [9.17, 15) is 19.9 Å². The highest BCUT2D eigenvalue weighted by atomic mass is 32.2. The largest absolute Gasteiger partial charge is 0.394 e. The summed E-state index contributed by atoms with van der Waals surface area (Å²) in [6, 6.07) is 0. The maximum atomic E-state index is 15.3. The van der Waals surface area contributed by atoms with E-state index >= 15 is 4.39 Å². The third kappa shape index (κ3) is 6.88. The number of aromatic nitrogens is 2. The molecule has 1 unspecified atom stereocenters. The summed E-state index contributed by atoms with van der Waals surface area (Å²) in [6.45, 7) is 0.638. The van der Waals surface area contributed by atoms with E-state index in [1.54, 1.807) is 11.2 Å². The molecule has 1 saturated heterocycles. The molecule has 0 spiro atoms. The monoisotopic (exact) mass is 486 g/mol. The number of ether oxygens (including phenoxy) is 1. The summed E-state index contributed by atoms with van der Waals surface area (Å²) in [5.74, 6) is -1.68. The van der Waals surface area contributed by atoms with Gasteiger partial charge in [-0.3, -0.25) is 25.6 Å². The lowest BCUT2D eigenvalue weighted by Crippen LogP contribution is -2.45. The molecule has 1 saturated carbocycles. The second kappa shape index (κ2) is 12.3. The smallest absolute Gasteiger partial charge is 0.243 e. The van der Waals surface area contributed by atoms with E-state index in [1.165, 1.54) is 11.8 Å². The lowest BCUT2D eigenvalue weighted by Gasteiger charge is -2.33. The standard InChI is InChI=1S/C20H31FN6O5S/c1-33-20-22-17(16(21)18(23-20)26-6-7-32-15(10-26)11-28)24-25-19(30)14(9-27(31)12-29)8-13-4-2-3-5-13/h12-15,28,31H,2-11H2,1H3,(H,25,30)(H,22,23,24)/t14-,15?/m1/s1. The van der Waals surface area contributed by atoms with Gasteiger partial charge in [0, 0.05) is 13.1 Å². The molecule has 1 aromatic heterocycles. The van der Waals surface area contributed by atoms with Gasteiger partial charge in [-0.25, -0.2) is 15.0 Å². The second-order valence-electron chi connectivity index (χ2n) is 8.24. The molecule has 0 aromatic carbocycles. The van der Waals surface area contributed by atoms with Gasteiger partial charge < -0.3 is 14.7 Å². The summed E-state index contributed by atoms with van der Waals surface area (Å²) in [5, 5.41) is 19.7. The van der Waals surface area contributed by atoms with Gasteiger partial charge in [0.2, 0.25) is 18.1 Å². The van der Waals surface area contributed by atoms with E-state index in [1.807, 2.05) is 0 Å². The number of morpholine rings is 1. The van der Waals surface area contributed by atoms with E-state index in [0.29, 0.717) is 35.7 Å². The average molecular weight is 487 g/mol. The normalized spacial score (nSPS) is 19.9. The van der Waals surface area contributed by atoms with Gasteiger partial charge >= 0.3 is 0 Å². The van der Waals surface area contributed by atoms with Crippen LogP contribution in [0.25, 0.3) is 0 Å². The van der Waals surface area contributed by atoms with Crippen LogP contribution in [0.4, 0.5) is 16.0 Å². The fraction of sp³-hybridized carbons (Fsp3) is 0.700. The number of aliphatic hydroxyl groups is 1. The minimum atomic E-state index is -0.740. The molecule has 1 aromatic rings. The van der Waals surface area contributed by atoms with Crippen molar-refractivity contribution in [1.29, 1.82) is 0 Å². The summed E-state index contributed by atoms with van der Waals surface area (Å²) >= 11 is 1.22. The molecule has 3 rings (SSSR count). The Morgan fingerprint density at radius 2 is 2.18 bits per heavy atom. The van der Waals surface area contributed by atoms with Gasteiger partial charge in [0.05, 0.1) is 31.8 Å². The number of hydroxylamine groups is 2. The van der Waals surface area contributed by atoms with Gasteiger partial charge in [-0.05, 0) is 18.6 Å². The molecule has 0 radical (unpaired) electrons. The Balaban J connectivity index is 1.72. The van der Waals surface area contributed by atoms with Crippen LogP contribution in [0.2, 0.25) is 0 Å². The summed E-state index contributed by atoms with van der Waals surface area (Å²) in [7, 11) is 0. The van der Waals surface area contributed by atoms with Crippen molar-refractivity contribution < 1.29 is 29.0 Å². The Kier molecular flexibility index (Phi) is 9.47. The Hall–Kier alpha value is -2.22.